The van der Waals surface area contributed by atoms with Crippen LogP contribution in [0.1, 0.15) is 66.8 Å². The summed E-state index contributed by atoms with van der Waals surface area (Å²) in [7, 11) is -11.6. The van der Waals surface area contributed by atoms with Crippen molar-refractivity contribution in [3.8, 4) is 34.5 Å². The van der Waals surface area contributed by atoms with Crippen LogP contribution >= 0.6 is 0 Å². The van der Waals surface area contributed by atoms with Crippen molar-refractivity contribution in [2.75, 3.05) is 100 Å². The fraction of sp³-hybridized carbons (Fsp3) is 0.368. The zero-order chi connectivity index (χ0) is 63.2. The maximum Gasteiger partial charge on any atom is 0.294 e. The van der Waals surface area contributed by atoms with Crippen molar-refractivity contribution in [2.45, 2.75) is 53.2 Å². The molecule has 88 heavy (non-hydrogen) atoms. The van der Waals surface area contributed by atoms with Gasteiger partial charge in [0.1, 0.15) is 54.3 Å². The minimum atomic E-state index is -5.12. The number of methoxy groups -OCH3 is 3. The number of ether oxygens (including phenoxy) is 6. The maximum atomic E-state index is 13.4. The highest BCUT2D eigenvalue weighted by molar-refractivity contribution is 7.86. The predicted octanol–water partition coefficient (Wildman–Crippen LogP) is 5.27. The lowest BCUT2D eigenvalue weighted by atomic mass is 9.90. The van der Waals surface area contributed by atoms with E-state index in [1.165, 1.54) is 57.7 Å². The number of non-ortho nitro benzene ring substituents is 3. The second-order valence-electron chi connectivity index (χ2n) is 21.0. The summed E-state index contributed by atoms with van der Waals surface area (Å²) in [5, 5.41) is 49.1. The number of nitrogens with one attached hydrogen (secondary N) is 3. The van der Waals surface area contributed by atoms with Crippen LogP contribution in [-0.4, -0.2) is 159 Å². The second-order valence-corrected chi connectivity index (χ2v) is 25.3. The van der Waals surface area contributed by atoms with Crippen molar-refractivity contribution in [3.05, 3.63) is 170 Å². The monoisotopic (exact) mass is 1280 g/mol. The molecule has 0 fully saturated rings. The molecule has 6 N–H and O–H groups in total. The van der Waals surface area contributed by atoms with Crippen LogP contribution in [0.2, 0.25) is 0 Å². The molecule has 0 saturated heterocycles. The van der Waals surface area contributed by atoms with E-state index >= 15 is 0 Å². The summed E-state index contributed by atoms with van der Waals surface area (Å²) in [5.41, 5.74) is -1.23. The Hall–Kier alpha value is -8.11. The summed E-state index contributed by atoms with van der Waals surface area (Å²) in [6, 6.07) is 13.6. The number of hydrogen-bond donors (Lipinski definition) is 6. The van der Waals surface area contributed by atoms with Crippen LogP contribution in [0.25, 0.3) is 0 Å². The lowest BCUT2D eigenvalue weighted by molar-refractivity contribution is -0.385. The Morgan fingerprint density at radius 2 is 0.602 bits per heavy atom. The van der Waals surface area contributed by atoms with Crippen LogP contribution in [0.3, 0.4) is 0 Å². The number of fused-ring (bicyclic) bond motifs is 21. The molecule has 0 atom stereocenters. The molecule has 0 amide bonds. The molecular formula is C57H63N7O21S3. The van der Waals surface area contributed by atoms with Crippen molar-refractivity contribution in [1.82, 2.24) is 20.9 Å². The normalized spacial score (nSPS) is 15.9. The van der Waals surface area contributed by atoms with Crippen LogP contribution in [-0.2, 0) is 68.9 Å². The molecule has 0 unspecified atom stereocenters. The van der Waals surface area contributed by atoms with E-state index in [-0.39, 0.29) is 141 Å². The summed E-state index contributed by atoms with van der Waals surface area (Å²) in [5.74, 6) is -0.135. The molecule has 6 aromatic carbocycles. The first-order chi connectivity index (χ1) is 41.8. The first-order valence-electron chi connectivity index (χ1n) is 27.5. The van der Waals surface area contributed by atoms with Gasteiger partial charge in [0.2, 0.25) is 0 Å². The number of nitro groups is 3. The van der Waals surface area contributed by atoms with Gasteiger partial charge in [-0.3, -0.25) is 48.9 Å². The first kappa shape index (κ1) is 64.4. The van der Waals surface area contributed by atoms with E-state index in [9.17, 15) is 69.3 Å². The predicted molar refractivity (Wildman–Crippen MR) is 316 cm³/mol. The van der Waals surface area contributed by atoms with Crippen molar-refractivity contribution < 1.29 is 82.1 Å². The third-order valence-electron chi connectivity index (χ3n) is 15.1. The molecule has 0 aromatic heterocycles. The fourth-order valence-electron chi connectivity index (χ4n) is 11.4. The van der Waals surface area contributed by atoms with Crippen molar-refractivity contribution in [3.63, 3.8) is 0 Å². The fourth-order valence-corrected chi connectivity index (χ4v) is 13.1. The Morgan fingerprint density at radius 1 is 0.386 bits per heavy atom. The minimum absolute atomic E-state index is 0.0121. The van der Waals surface area contributed by atoms with Gasteiger partial charge in [0.05, 0.1) is 50.8 Å². The van der Waals surface area contributed by atoms with Crippen molar-refractivity contribution in [2.24, 2.45) is 0 Å². The molecule has 28 nitrogen and oxygen atoms in total. The van der Waals surface area contributed by atoms with Crippen LogP contribution in [0, 0.1) is 30.3 Å². The lowest BCUT2D eigenvalue weighted by Gasteiger charge is -2.24. The SMILES string of the molecule is COc1c2cc([N+](=O)[O-])cc1Cc1cc(S(=O)(=O)O)cc3c1OCCNCCN1CCNCCOc4c(cc(S(=O)(=O)O)cc4Cc4cc([N+](=O)[O-])cc(c4OC)Cc4cc(S(=O)(=O)O)cc(c4OCCNCC1)Cc1cc([N+](=O)[O-])cc(c1OC)C3)C2. The molecule has 0 aliphatic carbocycles. The third-order valence-corrected chi connectivity index (χ3v) is 17.6. The summed E-state index contributed by atoms with van der Waals surface area (Å²) in [6.07, 6.45) is -2.63. The van der Waals surface area contributed by atoms with Gasteiger partial charge in [-0.15, -0.1) is 0 Å². The highest BCUT2D eigenvalue weighted by atomic mass is 32.2. The number of benzene rings is 6. The van der Waals surface area contributed by atoms with Gasteiger partial charge in [-0.05, 0) is 36.4 Å². The second kappa shape index (κ2) is 27.1. The molecule has 9 rings (SSSR count). The Kier molecular flexibility index (Phi) is 19.8. The van der Waals surface area contributed by atoms with Gasteiger partial charge in [-0.25, -0.2) is 0 Å². The maximum absolute atomic E-state index is 13.4. The standard InChI is InChI=1S/C57H63N7O21S3/c1-80-52-34-16-40-28-49(86(71,72)73)30-42-18-36-24-47(63(67)68)26-38(53(36)81-2)20-44-32-51(88(77,78)79)33-45-21-39-27-48(64(69)70)25-37(54(39)82-3)19-43-31-50(87(74,75)76)29-41(17-35(52)23-46(22-34)62(65)66)56(43)84-14-8-59-5-11-61(10-4-58-7-13-83-55(40)42)12-6-60-9-15-85-57(44)45/h22-33,58-60H,4-21H2,1-3H3,(H,71,72,73)(H,74,75,76)(H,77,78,79). The van der Waals surface area contributed by atoms with Gasteiger partial charge in [0.25, 0.3) is 47.4 Å². The van der Waals surface area contributed by atoms with Gasteiger partial charge in [-0.2, -0.15) is 25.3 Å². The number of rotatable bonds is 9. The molecule has 470 valence electrons. The van der Waals surface area contributed by atoms with E-state index in [0.717, 1.165) is 36.4 Å². The van der Waals surface area contributed by atoms with Gasteiger partial charge in [0.15, 0.2) is 0 Å². The molecule has 0 radical (unpaired) electrons. The molecule has 0 spiro atoms. The molecule has 31 heteroatoms. The summed E-state index contributed by atoms with van der Waals surface area (Å²) in [4.78, 5) is 37.0. The average molecular weight is 1280 g/mol. The Labute approximate surface area is 505 Å². The van der Waals surface area contributed by atoms with E-state index in [0.29, 0.717) is 39.3 Å². The van der Waals surface area contributed by atoms with Crippen LogP contribution in [0.5, 0.6) is 34.5 Å². The Bertz CT molecular complexity index is 3520. The Morgan fingerprint density at radius 3 is 0.784 bits per heavy atom. The quantitative estimate of drug-likeness (QED) is 0.0609. The van der Waals surface area contributed by atoms with Crippen molar-refractivity contribution >= 4 is 47.4 Å². The van der Waals surface area contributed by atoms with E-state index in [1.807, 2.05) is 0 Å². The lowest BCUT2D eigenvalue weighted by Crippen LogP contribution is -2.42. The molecule has 0 saturated carbocycles. The molecule has 3 heterocycles. The van der Waals surface area contributed by atoms with E-state index < -0.39 is 115 Å². The number of nitro benzene ring substituents is 3. The van der Waals surface area contributed by atoms with Gasteiger partial charge in [0, 0.05) is 201 Å². The van der Waals surface area contributed by atoms with Gasteiger partial charge >= 0.3 is 0 Å². The zero-order valence-electron chi connectivity index (χ0n) is 47.9. The Balaban J connectivity index is 1.45. The number of hydrogen-bond acceptors (Lipinski definition) is 22. The average Bonchev–Trinajstić information content (AvgIpc) is 0.918. The van der Waals surface area contributed by atoms with Crippen molar-refractivity contribution in [1.29, 1.82) is 0 Å². The third kappa shape index (κ3) is 15.1. The molecule has 3 aliphatic heterocycles. The highest BCUT2D eigenvalue weighted by Crippen LogP contribution is 2.44. The van der Waals surface area contributed by atoms with Gasteiger partial charge < -0.3 is 44.4 Å². The van der Waals surface area contributed by atoms with Gasteiger partial charge in [-0.1, -0.05) is 0 Å². The largest absolute Gasteiger partial charge is 0.496 e. The summed E-state index contributed by atoms with van der Waals surface area (Å²) < 4.78 is 151. The molecule has 10 bridgehead atoms. The highest BCUT2D eigenvalue weighted by Gasteiger charge is 2.31. The van der Waals surface area contributed by atoms with Crippen LogP contribution < -0.4 is 44.4 Å². The zero-order valence-corrected chi connectivity index (χ0v) is 50.3. The minimum Gasteiger partial charge on any atom is -0.496 e. The number of nitrogens with zero attached hydrogens (tertiary/aromatic N) is 4. The smallest absolute Gasteiger partial charge is 0.294 e. The topological polar surface area (TPSA) is 387 Å². The summed E-state index contributed by atoms with van der Waals surface area (Å²) in [6.45, 7) is 3.22. The van der Waals surface area contributed by atoms with Crippen LogP contribution in [0.4, 0.5) is 17.1 Å². The molecule has 3 aliphatic rings. The van der Waals surface area contributed by atoms with Crippen LogP contribution in [0.15, 0.2) is 87.5 Å². The van der Waals surface area contributed by atoms with E-state index in [2.05, 4.69) is 20.9 Å². The molecular weight excluding hydrogens is 1210 g/mol. The first-order valence-corrected chi connectivity index (χ1v) is 31.8. The summed E-state index contributed by atoms with van der Waals surface area (Å²) >= 11 is 0. The molecule has 6 aromatic rings. The van der Waals surface area contributed by atoms with E-state index in [4.69, 9.17) is 28.4 Å². The van der Waals surface area contributed by atoms with E-state index in [1.54, 1.807) is 0 Å².